The molecule has 4 heterocycles. The van der Waals surface area contributed by atoms with E-state index >= 15 is 0 Å². The Kier molecular flexibility index (Phi) is 5.51. The van der Waals surface area contributed by atoms with Crippen LogP contribution in [0.5, 0.6) is 0 Å². The molecule has 0 saturated heterocycles. The Hall–Kier alpha value is -3.00. The van der Waals surface area contributed by atoms with Crippen molar-refractivity contribution < 1.29 is 4.79 Å². The van der Waals surface area contributed by atoms with Gasteiger partial charge in [-0.1, -0.05) is 41.4 Å². The van der Waals surface area contributed by atoms with E-state index in [0.717, 1.165) is 44.8 Å². The molecule has 0 N–H and O–H groups in total. The zero-order valence-electron chi connectivity index (χ0n) is 19.1. The van der Waals surface area contributed by atoms with Crippen molar-refractivity contribution in [3.8, 4) is 5.00 Å². The molecule has 1 atom stereocenters. The van der Waals surface area contributed by atoms with Gasteiger partial charge in [-0.2, -0.15) is 0 Å². The fraction of sp³-hybridized carbons (Fsp3) is 0.231. The maximum absolute atomic E-state index is 13.2. The quantitative estimate of drug-likeness (QED) is 0.322. The Morgan fingerprint density at radius 1 is 1.09 bits per heavy atom. The summed E-state index contributed by atoms with van der Waals surface area (Å²) in [6.45, 7) is 5.15. The van der Waals surface area contributed by atoms with Gasteiger partial charge in [-0.25, -0.2) is 0 Å². The van der Waals surface area contributed by atoms with Crippen molar-refractivity contribution in [2.75, 3.05) is 6.54 Å². The molecule has 0 fully saturated rings. The van der Waals surface area contributed by atoms with Crippen LogP contribution in [0.1, 0.15) is 56.5 Å². The van der Waals surface area contributed by atoms with E-state index in [0.29, 0.717) is 28.7 Å². The van der Waals surface area contributed by atoms with Crippen molar-refractivity contribution in [2.45, 2.75) is 32.9 Å². The van der Waals surface area contributed by atoms with Crippen LogP contribution in [0.15, 0.2) is 53.5 Å². The van der Waals surface area contributed by atoms with E-state index in [1.165, 1.54) is 5.56 Å². The molecular weight excluding hydrogens is 501 g/mol. The van der Waals surface area contributed by atoms with Gasteiger partial charge in [0.2, 0.25) is 0 Å². The van der Waals surface area contributed by atoms with Crippen LogP contribution in [-0.4, -0.2) is 37.8 Å². The zero-order valence-corrected chi connectivity index (χ0v) is 21.5. The lowest BCUT2D eigenvalue weighted by molar-refractivity contribution is 0.0737. The molecule has 0 spiro atoms. The summed E-state index contributed by atoms with van der Waals surface area (Å²) in [6, 6.07) is 14.7. The number of hydrogen-bond acceptors (Lipinski definition) is 5. The van der Waals surface area contributed by atoms with Crippen LogP contribution in [0.4, 0.5) is 0 Å². The summed E-state index contributed by atoms with van der Waals surface area (Å²) in [4.78, 5) is 21.4. The van der Waals surface area contributed by atoms with E-state index in [2.05, 4.69) is 14.8 Å². The average molecular weight is 522 g/mol. The van der Waals surface area contributed by atoms with Gasteiger partial charge >= 0.3 is 0 Å². The first-order valence-corrected chi connectivity index (χ1v) is 12.9. The summed E-state index contributed by atoms with van der Waals surface area (Å²) in [6.07, 6.45) is 0.731. The summed E-state index contributed by atoms with van der Waals surface area (Å²) < 4.78 is 2.11. The molecule has 2 aliphatic rings. The van der Waals surface area contributed by atoms with Crippen LogP contribution < -0.4 is 0 Å². The second-order valence-corrected chi connectivity index (χ2v) is 10.7. The molecule has 0 bridgehead atoms. The van der Waals surface area contributed by atoms with Crippen molar-refractivity contribution in [2.24, 2.45) is 4.99 Å². The minimum Gasteiger partial charge on any atom is -0.333 e. The second kappa shape index (κ2) is 8.59. The normalized spacial score (nSPS) is 16.7. The standard InChI is InChI=1S/C26H21Cl2N5OS/c1-14-24-31-30-15(2)33(24)26-22(23(29-14)18-5-3-4-6-20(18)28)19-11-12-32(13-21(19)35-26)25(34)16-7-9-17(27)10-8-16/h3-10,14H,11-13H2,1-2H3. The van der Waals surface area contributed by atoms with Crippen LogP contribution >= 0.6 is 34.5 Å². The highest BCUT2D eigenvalue weighted by atomic mass is 35.5. The number of aryl methyl sites for hydroxylation is 1. The minimum absolute atomic E-state index is 0.00527. The van der Waals surface area contributed by atoms with E-state index in [1.807, 2.05) is 43.0 Å². The molecular formula is C26H21Cl2N5OS. The monoisotopic (exact) mass is 521 g/mol. The van der Waals surface area contributed by atoms with Gasteiger partial charge in [-0.3, -0.25) is 14.4 Å². The maximum Gasteiger partial charge on any atom is 0.254 e. The van der Waals surface area contributed by atoms with Crippen LogP contribution in [0.25, 0.3) is 5.00 Å². The van der Waals surface area contributed by atoms with Gasteiger partial charge in [-0.15, -0.1) is 21.5 Å². The predicted octanol–water partition coefficient (Wildman–Crippen LogP) is 6.05. The Bertz CT molecular complexity index is 1500. The lowest BCUT2D eigenvalue weighted by atomic mass is 9.95. The molecule has 2 aromatic heterocycles. The Morgan fingerprint density at radius 2 is 1.86 bits per heavy atom. The topological polar surface area (TPSA) is 63.4 Å². The van der Waals surface area contributed by atoms with Crippen molar-refractivity contribution in [1.82, 2.24) is 19.7 Å². The van der Waals surface area contributed by atoms with Crippen LogP contribution in [0.3, 0.4) is 0 Å². The molecule has 0 aliphatic carbocycles. The van der Waals surface area contributed by atoms with Gasteiger partial charge in [0.15, 0.2) is 5.82 Å². The number of aromatic nitrogens is 3. The Morgan fingerprint density at radius 3 is 2.63 bits per heavy atom. The number of carbonyl (C=O) groups is 1. The number of rotatable bonds is 2. The van der Waals surface area contributed by atoms with Crippen molar-refractivity contribution in [3.05, 3.63) is 97.4 Å². The highest BCUT2D eigenvalue weighted by Crippen LogP contribution is 2.42. The molecule has 0 radical (unpaired) electrons. The van der Waals surface area contributed by atoms with E-state index < -0.39 is 0 Å². The van der Waals surface area contributed by atoms with Crippen LogP contribution in [0, 0.1) is 6.92 Å². The van der Waals surface area contributed by atoms with E-state index in [1.54, 1.807) is 35.6 Å². The minimum atomic E-state index is -0.177. The molecule has 35 heavy (non-hydrogen) atoms. The van der Waals surface area contributed by atoms with Gasteiger partial charge in [0.05, 0.1) is 12.3 Å². The number of amides is 1. The number of hydrogen-bond donors (Lipinski definition) is 0. The van der Waals surface area contributed by atoms with Crippen molar-refractivity contribution in [3.63, 3.8) is 0 Å². The summed E-state index contributed by atoms with van der Waals surface area (Å²) in [5, 5.41) is 11.1. The predicted molar refractivity (Wildman–Crippen MR) is 139 cm³/mol. The van der Waals surface area contributed by atoms with Crippen molar-refractivity contribution >= 4 is 46.2 Å². The lowest BCUT2D eigenvalue weighted by Crippen LogP contribution is -2.35. The highest BCUT2D eigenvalue weighted by Gasteiger charge is 2.34. The Labute approximate surface area is 216 Å². The number of aliphatic imine (C=N–C) groups is 1. The van der Waals surface area contributed by atoms with Gasteiger partial charge < -0.3 is 4.90 Å². The molecule has 1 amide bonds. The maximum atomic E-state index is 13.2. The molecule has 176 valence electrons. The number of benzene rings is 2. The highest BCUT2D eigenvalue weighted by molar-refractivity contribution is 7.15. The first-order chi connectivity index (χ1) is 16.9. The number of halogens is 2. The van der Waals surface area contributed by atoms with Gasteiger partial charge in [0.1, 0.15) is 16.9 Å². The first-order valence-electron chi connectivity index (χ1n) is 11.4. The molecule has 9 heteroatoms. The zero-order chi connectivity index (χ0) is 24.3. The number of thiophene rings is 1. The number of carbonyl (C=O) groups excluding carboxylic acids is 1. The largest absolute Gasteiger partial charge is 0.333 e. The lowest BCUT2D eigenvalue weighted by Gasteiger charge is -2.27. The Balaban J connectivity index is 1.48. The summed E-state index contributed by atoms with van der Waals surface area (Å²) in [7, 11) is 0. The van der Waals surface area contributed by atoms with Crippen LogP contribution in [-0.2, 0) is 13.0 Å². The van der Waals surface area contributed by atoms with Crippen molar-refractivity contribution in [1.29, 1.82) is 0 Å². The summed E-state index contributed by atoms with van der Waals surface area (Å²) >= 11 is 14.4. The van der Waals surface area contributed by atoms with E-state index in [9.17, 15) is 4.79 Å². The first kappa shape index (κ1) is 22.5. The molecule has 6 nitrogen and oxygen atoms in total. The number of nitrogens with zero attached hydrogens (tertiary/aromatic N) is 5. The average Bonchev–Trinajstić information content (AvgIpc) is 3.39. The molecule has 0 saturated carbocycles. The second-order valence-electron chi connectivity index (χ2n) is 8.74. The molecule has 4 aromatic rings. The molecule has 1 unspecified atom stereocenters. The third kappa shape index (κ3) is 3.69. The molecule has 6 rings (SSSR count). The van der Waals surface area contributed by atoms with Gasteiger partial charge in [0.25, 0.3) is 5.91 Å². The van der Waals surface area contributed by atoms with E-state index in [4.69, 9.17) is 28.2 Å². The fourth-order valence-corrected chi connectivity index (χ4v) is 6.58. The third-order valence-corrected chi connectivity index (χ3v) is 8.32. The smallest absolute Gasteiger partial charge is 0.254 e. The molecule has 2 aromatic carbocycles. The number of fused-ring (bicyclic) bond motifs is 5. The van der Waals surface area contributed by atoms with E-state index in [-0.39, 0.29) is 11.9 Å². The summed E-state index contributed by atoms with van der Waals surface area (Å²) in [5.74, 6) is 1.63. The van der Waals surface area contributed by atoms with Gasteiger partial charge in [-0.05, 0) is 56.2 Å². The summed E-state index contributed by atoms with van der Waals surface area (Å²) in [5.41, 5.74) is 4.71. The molecule has 2 aliphatic heterocycles. The fourth-order valence-electron chi connectivity index (χ4n) is 4.81. The van der Waals surface area contributed by atoms with Gasteiger partial charge in [0, 0.05) is 38.2 Å². The third-order valence-electron chi connectivity index (χ3n) is 6.53. The SMILES string of the molecule is Cc1nnc2n1-c1sc3c(c1C(c1ccccc1Cl)=NC2C)CCN(C(=O)c1ccc(Cl)cc1)C3. The van der Waals surface area contributed by atoms with Crippen LogP contribution in [0.2, 0.25) is 10.0 Å².